The van der Waals surface area contributed by atoms with Crippen molar-refractivity contribution >= 4 is 39.0 Å². The Bertz CT molecular complexity index is 3780. The first-order valence-electron chi connectivity index (χ1n) is 23.8. The van der Waals surface area contributed by atoms with Crippen molar-refractivity contribution in [2.24, 2.45) is 0 Å². The molecule has 0 N–H and O–H groups in total. The van der Waals surface area contributed by atoms with E-state index in [1.165, 1.54) is 55.6 Å². The van der Waals surface area contributed by atoms with E-state index in [0.717, 1.165) is 61.3 Å². The van der Waals surface area contributed by atoms with Crippen molar-refractivity contribution in [3.05, 3.63) is 295 Å². The number of benzene rings is 11. The fraction of sp³-hybridized carbons (Fsp3) is 0.0149. The maximum absolute atomic E-state index is 6.53. The van der Waals surface area contributed by atoms with Crippen molar-refractivity contribution in [2.45, 2.75) is 5.41 Å². The topological polar surface area (TPSA) is 16.4 Å². The molecule has 324 valence electrons. The molecule has 0 unspecified atom stereocenters. The third kappa shape index (κ3) is 6.56. The van der Waals surface area contributed by atoms with Gasteiger partial charge in [0.25, 0.3) is 0 Å². The minimum Gasteiger partial charge on any atom is -0.455 e. The number of para-hydroxylation sites is 3. The third-order valence-electron chi connectivity index (χ3n) is 14.2. The van der Waals surface area contributed by atoms with Gasteiger partial charge in [-0.05, 0) is 103 Å². The predicted molar refractivity (Wildman–Crippen MR) is 287 cm³/mol. The lowest BCUT2D eigenvalue weighted by molar-refractivity contribution is 0.670. The number of hydrogen-bond donors (Lipinski definition) is 0. The van der Waals surface area contributed by atoms with Crippen molar-refractivity contribution in [2.75, 3.05) is 4.90 Å². The summed E-state index contributed by atoms with van der Waals surface area (Å²) in [7, 11) is 0. The fourth-order valence-corrected chi connectivity index (χ4v) is 11.2. The van der Waals surface area contributed by atoms with Crippen LogP contribution in [0.15, 0.2) is 277 Å². The Hall–Kier alpha value is -8.98. The highest BCUT2D eigenvalue weighted by molar-refractivity contribution is 6.09. The molecule has 2 nitrogen and oxygen atoms in total. The first-order chi connectivity index (χ1) is 34.3. The van der Waals surface area contributed by atoms with Crippen LogP contribution in [0.25, 0.3) is 77.6 Å². The van der Waals surface area contributed by atoms with Crippen LogP contribution in [0.4, 0.5) is 17.1 Å². The maximum atomic E-state index is 6.53. The molecule has 0 fully saturated rings. The smallest absolute Gasteiger partial charge is 0.143 e. The van der Waals surface area contributed by atoms with E-state index >= 15 is 0 Å². The number of fused-ring (bicyclic) bond motifs is 6. The summed E-state index contributed by atoms with van der Waals surface area (Å²) < 4.78 is 6.53. The van der Waals surface area contributed by atoms with E-state index in [9.17, 15) is 0 Å². The van der Waals surface area contributed by atoms with Crippen LogP contribution in [0.2, 0.25) is 0 Å². The highest BCUT2D eigenvalue weighted by atomic mass is 16.3. The lowest BCUT2D eigenvalue weighted by Gasteiger charge is -2.34. The lowest BCUT2D eigenvalue weighted by Crippen LogP contribution is -2.28. The minimum absolute atomic E-state index is 0.510. The Labute approximate surface area is 402 Å². The highest BCUT2D eigenvalue weighted by Crippen LogP contribution is 2.59. The van der Waals surface area contributed by atoms with Crippen LogP contribution in [0, 0.1) is 0 Å². The van der Waals surface area contributed by atoms with Gasteiger partial charge < -0.3 is 9.32 Å². The Morgan fingerprint density at radius 2 is 0.739 bits per heavy atom. The molecule has 2 heteroatoms. The lowest BCUT2D eigenvalue weighted by atomic mass is 9.67. The SMILES string of the molecule is c1ccc(-c2ccccc2-c2ccc(N(c3ccc(-c4cccc5c4oc4ccccc45)cc3)c3ccccc3-c3cccc4c3-c3ccccc3C4(c3ccccc3)c3ccccc3)cc2)cc1. The summed E-state index contributed by atoms with van der Waals surface area (Å²) >= 11 is 0. The summed E-state index contributed by atoms with van der Waals surface area (Å²) in [6.07, 6.45) is 0. The number of furan rings is 1. The van der Waals surface area contributed by atoms with Crippen LogP contribution in [0.5, 0.6) is 0 Å². The molecule has 0 spiro atoms. The van der Waals surface area contributed by atoms with Gasteiger partial charge in [0.2, 0.25) is 0 Å². The average Bonchev–Trinajstić information content (AvgIpc) is 3.97. The van der Waals surface area contributed by atoms with Gasteiger partial charge in [-0.2, -0.15) is 0 Å². The van der Waals surface area contributed by atoms with Crippen LogP contribution in [-0.2, 0) is 5.41 Å². The zero-order chi connectivity index (χ0) is 45.7. The fourth-order valence-electron chi connectivity index (χ4n) is 11.2. The van der Waals surface area contributed by atoms with Gasteiger partial charge in [-0.1, -0.05) is 237 Å². The quantitative estimate of drug-likeness (QED) is 0.144. The molecule has 1 aliphatic rings. The van der Waals surface area contributed by atoms with Gasteiger partial charge in [-0.15, -0.1) is 0 Å². The second kappa shape index (κ2) is 16.7. The molecule has 0 amide bonds. The van der Waals surface area contributed by atoms with Crippen LogP contribution >= 0.6 is 0 Å². The highest BCUT2D eigenvalue weighted by Gasteiger charge is 2.47. The summed E-state index contributed by atoms with van der Waals surface area (Å²) in [6.45, 7) is 0. The van der Waals surface area contributed by atoms with Crippen molar-refractivity contribution < 1.29 is 4.42 Å². The summed E-state index contributed by atoms with van der Waals surface area (Å²) in [6, 6.07) is 99.2. The van der Waals surface area contributed by atoms with E-state index in [2.05, 4.69) is 266 Å². The first kappa shape index (κ1) is 40.3. The van der Waals surface area contributed by atoms with Crippen molar-refractivity contribution in [3.8, 4) is 55.6 Å². The number of rotatable bonds is 9. The first-order valence-corrected chi connectivity index (χ1v) is 23.8. The Morgan fingerprint density at radius 1 is 0.290 bits per heavy atom. The molecule has 0 atom stereocenters. The normalized spacial score (nSPS) is 12.5. The molecule has 13 rings (SSSR count). The van der Waals surface area contributed by atoms with Crippen LogP contribution < -0.4 is 4.90 Å². The number of nitrogens with zero attached hydrogens (tertiary/aromatic N) is 1. The van der Waals surface area contributed by atoms with Gasteiger partial charge in [0, 0.05) is 33.3 Å². The van der Waals surface area contributed by atoms with Crippen LogP contribution in [-0.4, -0.2) is 0 Å². The molecule has 69 heavy (non-hydrogen) atoms. The summed E-state index contributed by atoms with van der Waals surface area (Å²) in [4.78, 5) is 2.43. The Morgan fingerprint density at radius 3 is 1.41 bits per heavy atom. The summed E-state index contributed by atoms with van der Waals surface area (Å²) in [5.41, 5.74) is 21.4. The molecule has 0 radical (unpaired) electrons. The molecular formula is C67H45NO. The van der Waals surface area contributed by atoms with E-state index in [4.69, 9.17) is 4.42 Å². The van der Waals surface area contributed by atoms with Crippen molar-refractivity contribution in [1.29, 1.82) is 0 Å². The molecule has 1 aromatic heterocycles. The van der Waals surface area contributed by atoms with E-state index in [1.54, 1.807) is 0 Å². The largest absolute Gasteiger partial charge is 0.455 e. The second-order valence-electron chi connectivity index (χ2n) is 17.9. The van der Waals surface area contributed by atoms with Gasteiger partial charge >= 0.3 is 0 Å². The standard InChI is InChI=1S/C67H45NO/c1-4-20-46(21-5-1)53-26-10-11-27-54(53)47-38-42-51(43-39-47)68(52-44-40-48(41-45-52)55-31-18-33-59-57-29-14-17-37-64(57)69-66(55)59)63-36-16-13-28-56(63)58-32-19-35-62-65(58)60-30-12-15-34-61(60)67(62,49-22-6-2-7-23-49)50-24-8-3-9-25-50/h1-45H. The minimum atomic E-state index is -0.510. The molecule has 0 saturated heterocycles. The predicted octanol–water partition coefficient (Wildman–Crippen LogP) is 18.1. The molecule has 1 aliphatic carbocycles. The van der Waals surface area contributed by atoms with Gasteiger partial charge in [0.05, 0.1) is 11.1 Å². The molecule has 1 heterocycles. The second-order valence-corrected chi connectivity index (χ2v) is 17.9. The zero-order valence-corrected chi connectivity index (χ0v) is 37.8. The summed E-state index contributed by atoms with van der Waals surface area (Å²) in [5.74, 6) is 0. The Kier molecular flexibility index (Phi) is 9.77. The van der Waals surface area contributed by atoms with E-state index in [-0.39, 0.29) is 0 Å². The number of anilines is 3. The van der Waals surface area contributed by atoms with Gasteiger partial charge in [0.15, 0.2) is 0 Å². The monoisotopic (exact) mass is 879 g/mol. The number of hydrogen-bond acceptors (Lipinski definition) is 2. The molecule has 0 saturated carbocycles. The zero-order valence-electron chi connectivity index (χ0n) is 37.8. The molecular weight excluding hydrogens is 835 g/mol. The van der Waals surface area contributed by atoms with Crippen molar-refractivity contribution in [1.82, 2.24) is 0 Å². The molecule has 0 aliphatic heterocycles. The van der Waals surface area contributed by atoms with Crippen molar-refractivity contribution in [3.63, 3.8) is 0 Å². The van der Waals surface area contributed by atoms with E-state index in [1.807, 2.05) is 12.1 Å². The van der Waals surface area contributed by atoms with Crippen LogP contribution in [0.3, 0.4) is 0 Å². The summed E-state index contributed by atoms with van der Waals surface area (Å²) in [5, 5.41) is 2.25. The van der Waals surface area contributed by atoms with Gasteiger partial charge in [0.1, 0.15) is 11.2 Å². The van der Waals surface area contributed by atoms with Gasteiger partial charge in [-0.3, -0.25) is 0 Å². The van der Waals surface area contributed by atoms with E-state index < -0.39 is 5.41 Å². The van der Waals surface area contributed by atoms with E-state index in [0.29, 0.717) is 0 Å². The molecule has 11 aromatic carbocycles. The Balaban J connectivity index is 1.00. The maximum Gasteiger partial charge on any atom is 0.143 e. The molecule has 12 aromatic rings. The average molecular weight is 880 g/mol. The molecule has 0 bridgehead atoms. The van der Waals surface area contributed by atoms with Crippen LogP contribution in [0.1, 0.15) is 22.3 Å². The third-order valence-corrected chi connectivity index (χ3v) is 14.2. The van der Waals surface area contributed by atoms with Gasteiger partial charge in [-0.25, -0.2) is 0 Å².